The Balaban J connectivity index is 2.97. The smallest absolute Gasteiger partial charge is 0.325 e. The number of carbonyl (C=O) groups excluding carboxylic acids is 2. The molecule has 1 rings (SSSR count). The standard InChI is InChI=1S/C16H23NO5/c1-4-20-14-10-8-7-9-13(14)17(11-15(18)21-5-2)12-16(19)22-6-3/h7-10H,4-6,11-12H2,1-3H3. The van der Waals surface area contributed by atoms with Crippen LogP contribution in [-0.4, -0.2) is 44.8 Å². The van der Waals surface area contributed by atoms with E-state index in [0.717, 1.165) is 0 Å². The van der Waals surface area contributed by atoms with Crippen LogP contribution in [0.2, 0.25) is 0 Å². The van der Waals surface area contributed by atoms with Gasteiger partial charge >= 0.3 is 11.9 Å². The number of anilines is 1. The van der Waals surface area contributed by atoms with Crippen molar-refractivity contribution < 1.29 is 23.8 Å². The van der Waals surface area contributed by atoms with Crippen molar-refractivity contribution in [2.24, 2.45) is 0 Å². The Labute approximate surface area is 131 Å². The van der Waals surface area contributed by atoms with E-state index in [0.29, 0.717) is 31.3 Å². The van der Waals surface area contributed by atoms with Crippen molar-refractivity contribution in [3.8, 4) is 5.75 Å². The van der Waals surface area contributed by atoms with E-state index in [9.17, 15) is 9.59 Å². The van der Waals surface area contributed by atoms with Gasteiger partial charge in [0, 0.05) is 0 Å². The van der Waals surface area contributed by atoms with Crippen LogP contribution in [0.15, 0.2) is 24.3 Å². The van der Waals surface area contributed by atoms with Gasteiger partial charge in [-0.2, -0.15) is 0 Å². The van der Waals surface area contributed by atoms with E-state index in [4.69, 9.17) is 14.2 Å². The summed E-state index contributed by atoms with van der Waals surface area (Å²) in [6.07, 6.45) is 0. The minimum atomic E-state index is -0.405. The van der Waals surface area contributed by atoms with Gasteiger partial charge in [0.1, 0.15) is 18.8 Å². The molecule has 0 radical (unpaired) electrons. The van der Waals surface area contributed by atoms with Gasteiger partial charge in [-0.15, -0.1) is 0 Å². The van der Waals surface area contributed by atoms with Crippen molar-refractivity contribution in [1.29, 1.82) is 0 Å². The summed E-state index contributed by atoms with van der Waals surface area (Å²) < 4.78 is 15.5. The number of hydrogen-bond acceptors (Lipinski definition) is 6. The first kappa shape index (κ1) is 17.8. The molecule has 0 N–H and O–H groups in total. The minimum absolute atomic E-state index is 0.0449. The molecule has 122 valence electrons. The molecule has 0 spiro atoms. The average molecular weight is 309 g/mol. The van der Waals surface area contributed by atoms with Crippen LogP contribution in [0.4, 0.5) is 5.69 Å². The molecule has 0 atom stereocenters. The second-order valence-corrected chi connectivity index (χ2v) is 4.37. The van der Waals surface area contributed by atoms with Gasteiger partial charge in [-0.3, -0.25) is 9.59 Å². The SMILES string of the molecule is CCOC(=O)CN(CC(=O)OCC)c1ccccc1OCC. The third-order valence-corrected chi connectivity index (χ3v) is 2.76. The van der Waals surface area contributed by atoms with Crippen LogP contribution in [0, 0.1) is 0 Å². The van der Waals surface area contributed by atoms with E-state index < -0.39 is 11.9 Å². The molecule has 6 heteroatoms. The highest BCUT2D eigenvalue weighted by atomic mass is 16.5. The van der Waals surface area contributed by atoms with Gasteiger partial charge in [0.15, 0.2) is 0 Å². The molecule has 0 saturated heterocycles. The van der Waals surface area contributed by atoms with Crippen molar-refractivity contribution in [2.45, 2.75) is 20.8 Å². The number of esters is 2. The summed E-state index contributed by atoms with van der Waals surface area (Å²) in [6.45, 7) is 6.33. The molecule has 22 heavy (non-hydrogen) atoms. The molecular formula is C16H23NO5. The lowest BCUT2D eigenvalue weighted by Gasteiger charge is -2.24. The third kappa shape index (κ3) is 5.63. The van der Waals surface area contributed by atoms with E-state index in [-0.39, 0.29) is 13.1 Å². The van der Waals surface area contributed by atoms with Crippen molar-refractivity contribution >= 4 is 17.6 Å². The Kier molecular flexibility index (Phi) is 7.81. The Bertz CT molecular complexity index is 469. The molecule has 1 aromatic carbocycles. The Morgan fingerprint density at radius 3 is 1.95 bits per heavy atom. The van der Waals surface area contributed by atoms with E-state index in [1.165, 1.54) is 0 Å². The Morgan fingerprint density at radius 1 is 0.909 bits per heavy atom. The lowest BCUT2D eigenvalue weighted by Crippen LogP contribution is -2.36. The maximum atomic E-state index is 11.8. The zero-order valence-corrected chi connectivity index (χ0v) is 13.3. The second-order valence-electron chi connectivity index (χ2n) is 4.37. The fraction of sp³-hybridized carbons (Fsp3) is 0.500. The molecule has 0 aliphatic carbocycles. The summed E-state index contributed by atoms with van der Waals surface area (Å²) >= 11 is 0. The molecule has 0 saturated carbocycles. The Morgan fingerprint density at radius 2 is 1.45 bits per heavy atom. The van der Waals surface area contributed by atoms with Gasteiger partial charge in [0.05, 0.1) is 25.5 Å². The first-order valence-corrected chi connectivity index (χ1v) is 7.40. The highest BCUT2D eigenvalue weighted by Gasteiger charge is 2.19. The first-order valence-electron chi connectivity index (χ1n) is 7.40. The van der Waals surface area contributed by atoms with Crippen LogP contribution in [-0.2, 0) is 19.1 Å². The van der Waals surface area contributed by atoms with Crippen molar-refractivity contribution in [3.63, 3.8) is 0 Å². The maximum absolute atomic E-state index is 11.8. The Hall–Kier alpha value is -2.24. The lowest BCUT2D eigenvalue weighted by molar-refractivity contribution is -0.142. The average Bonchev–Trinajstić information content (AvgIpc) is 2.48. The van der Waals surface area contributed by atoms with E-state index in [1.54, 1.807) is 30.9 Å². The second kappa shape index (κ2) is 9.65. The third-order valence-electron chi connectivity index (χ3n) is 2.76. The summed E-state index contributed by atoms with van der Waals surface area (Å²) in [5.74, 6) is -0.199. The van der Waals surface area contributed by atoms with Crippen LogP contribution in [0.5, 0.6) is 5.75 Å². The lowest BCUT2D eigenvalue weighted by atomic mass is 10.2. The first-order chi connectivity index (χ1) is 10.6. The summed E-state index contributed by atoms with van der Waals surface area (Å²) in [5, 5.41) is 0. The molecule has 0 bridgehead atoms. The number of nitrogens with zero attached hydrogens (tertiary/aromatic N) is 1. The van der Waals surface area contributed by atoms with Crippen molar-refractivity contribution in [1.82, 2.24) is 0 Å². The molecule has 0 aromatic heterocycles. The van der Waals surface area contributed by atoms with Crippen molar-refractivity contribution in [2.75, 3.05) is 37.8 Å². The fourth-order valence-electron chi connectivity index (χ4n) is 1.95. The molecular weight excluding hydrogens is 286 g/mol. The van der Waals surface area contributed by atoms with Crippen LogP contribution < -0.4 is 9.64 Å². The molecule has 0 heterocycles. The van der Waals surface area contributed by atoms with Gasteiger partial charge in [-0.05, 0) is 32.9 Å². The molecule has 6 nitrogen and oxygen atoms in total. The topological polar surface area (TPSA) is 65.1 Å². The van der Waals surface area contributed by atoms with Crippen LogP contribution >= 0.6 is 0 Å². The van der Waals surface area contributed by atoms with E-state index in [1.807, 2.05) is 19.1 Å². The number of ether oxygens (including phenoxy) is 3. The van der Waals surface area contributed by atoms with Gasteiger partial charge in [0.2, 0.25) is 0 Å². The molecule has 0 amide bonds. The zero-order valence-electron chi connectivity index (χ0n) is 13.3. The number of hydrogen-bond donors (Lipinski definition) is 0. The number of para-hydroxylation sites is 2. The van der Waals surface area contributed by atoms with Gasteiger partial charge in [-0.1, -0.05) is 12.1 Å². The number of carbonyl (C=O) groups is 2. The number of benzene rings is 1. The molecule has 0 unspecified atom stereocenters. The largest absolute Gasteiger partial charge is 0.492 e. The fourth-order valence-corrected chi connectivity index (χ4v) is 1.95. The molecule has 0 fully saturated rings. The highest BCUT2D eigenvalue weighted by molar-refractivity contribution is 5.82. The van der Waals surface area contributed by atoms with Gasteiger partial charge < -0.3 is 19.1 Å². The highest BCUT2D eigenvalue weighted by Crippen LogP contribution is 2.28. The van der Waals surface area contributed by atoms with Crippen molar-refractivity contribution in [3.05, 3.63) is 24.3 Å². The zero-order chi connectivity index (χ0) is 16.4. The van der Waals surface area contributed by atoms with E-state index in [2.05, 4.69) is 0 Å². The molecule has 1 aromatic rings. The van der Waals surface area contributed by atoms with Crippen LogP contribution in [0.25, 0.3) is 0 Å². The maximum Gasteiger partial charge on any atom is 0.325 e. The van der Waals surface area contributed by atoms with Gasteiger partial charge in [0.25, 0.3) is 0 Å². The van der Waals surface area contributed by atoms with E-state index >= 15 is 0 Å². The normalized spacial score (nSPS) is 9.95. The minimum Gasteiger partial charge on any atom is -0.492 e. The van der Waals surface area contributed by atoms with Gasteiger partial charge in [-0.25, -0.2) is 0 Å². The predicted molar refractivity (Wildman–Crippen MR) is 83.1 cm³/mol. The molecule has 0 aliphatic rings. The summed E-state index contributed by atoms with van der Waals surface area (Å²) in [4.78, 5) is 25.2. The summed E-state index contributed by atoms with van der Waals surface area (Å²) in [6, 6.07) is 7.24. The van der Waals surface area contributed by atoms with Crippen LogP contribution in [0.1, 0.15) is 20.8 Å². The van der Waals surface area contributed by atoms with Crippen LogP contribution in [0.3, 0.4) is 0 Å². The predicted octanol–water partition coefficient (Wildman–Crippen LogP) is 2.02. The quantitative estimate of drug-likeness (QED) is 0.650. The summed E-state index contributed by atoms with van der Waals surface area (Å²) in [5.41, 5.74) is 0.658. The monoisotopic (exact) mass is 309 g/mol. The summed E-state index contributed by atoms with van der Waals surface area (Å²) in [7, 11) is 0. The number of rotatable bonds is 9. The molecule has 0 aliphatic heterocycles.